The van der Waals surface area contributed by atoms with Crippen molar-refractivity contribution in [2.45, 2.75) is 200 Å². The smallest absolute Gasteiger partial charge is 0.303 e. The number of carbonyl (C=O) groups excluding carboxylic acids is 8. The van der Waals surface area contributed by atoms with Crippen molar-refractivity contribution < 1.29 is 58.1 Å². The van der Waals surface area contributed by atoms with Crippen molar-refractivity contribution in [3.63, 3.8) is 0 Å². The fraction of sp³-hybridized carbons (Fsp3) is 0.812. The maximum absolute atomic E-state index is 12.7. The summed E-state index contributed by atoms with van der Waals surface area (Å²) in [5.74, 6) is -0.339. The number of nitrogens with one attached hydrogen (secondary N) is 6. The molecule has 0 spiro atoms. The van der Waals surface area contributed by atoms with Crippen LogP contribution in [0.2, 0.25) is 0 Å². The van der Waals surface area contributed by atoms with Crippen molar-refractivity contribution in [3.05, 3.63) is 0 Å². The molecule has 0 radical (unpaired) electrons. The van der Waals surface area contributed by atoms with Crippen LogP contribution in [0.3, 0.4) is 0 Å². The number of hydrogen-bond donors (Lipinski definition) is 8. The predicted octanol–water partition coefficient (Wildman–Crippen LogP) is 5.15. The van der Waals surface area contributed by atoms with E-state index in [9.17, 15) is 38.4 Å². The predicted molar refractivity (Wildman–Crippen MR) is 270 cm³/mol. The van der Waals surface area contributed by atoms with E-state index in [2.05, 4.69) is 52.7 Å². The summed E-state index contributed by atoms with van der Waals surface area (Å²) in [5.41, 5.74) is -1.12. The summed E-state index contributed by atoms with van der Waals surface area (Å²) in [4.78, 5) is 97.7. The van der Waals surface area contributed by atoms with Crippen molar-refractivity contribution in [1.82, 2.24) is 36.8 Å². The lowest BCUT2D eigenvalue weighted by Crippen LogP contribution is -2.46. The maximum atomic E-state index is 12.7. The second-order valence-corrected chi connectivity index (χ2v) is 15.5. The first-order valence-corrected chi connectivity index (χ1v) is 24.0. The van der Waals surface area contributed by atoms with Crippen molar-refractivity contribution in [1.29, 1.82) is 0 Å². The molecule has 4 unspecified atom stereocenters. The number of amides is 7. The molecule has 0 aromatic carbocycles. The van der Waals surface area contributed by atoms with E-state index in [1.165, 1.54) is 0 Å². The van der Waals surface area contributed by atoms with E-state index in [4.69, 9.17) is 19.7 Å². The Kier molecular flexibility index (Phi) is 66.0. The Morgan fingerprint density at radius 3 is 1.54 bits per heavy atom. The lowest BCUT2D eigenvalue weighted by molar-refractivity contribution is -0.138. The van der Waals surface area contributed by atoms with Crippen LogP contribution in [-0.2, 0) is 47.9 Å². The molecule has 67 heavy (non-hydrogen) atoms. The molecule has 0 aliphatic carbocycles. The van der Waals surface area contributed by atoms with Gasteiger partial charge in [-0.15, -0.1) is 0 Å². The first kappa shape index (κ1) is 79.4. The summed E-state index contributed by atoms with van der Waals surface area (Å²) in [5, 5.41) is 31.3. The van der Waals surface area contributed by atoms with Crippen molar-refractivity contribution in [2.24, 2.45) is 11.3 Å². The molecule has 1 aliphatic rings. The van der Waals surface area contributed by atoms with Gasteiger partial charge in [0.25, 0.3) is 0 Å². The number of ether oxygens (including phenoxy) is 1. The summed E-state index contributed by atoms with van der Waals surface area (Å²) < 4.78 is 5.89. The van der Waals surface area contributed by atoms with Gasteiger partial charge in [-0.1, -0.05) is 90.0 Å². The van der Waals surface area contributed by atoms with E-state index in [1.807, 2.05) is 94.9 Å². The zero-order valence-electron chi connectivity index (χ0n) is 45.7. The average Bonchev–Trinajstić information content (AvgIpc) is 3.74. The van der Waals surface area contributed by atoms with Crippen LogP contribution in [0.25, 0.3) is 0 Å². The number of aliphatic carboxylic acids is 1. The zero-order chi connectivity index (χ0) is 54.6. The molecule has 400 valence electrons. The molecule has 0 aromatic rings. The third-order valence-electron chi connectivity index (χ3n) is 8.36. The molecule has 0 bridgehead atoms. The standard InChI is InChI=1S/C21H38N2O4.C7H14N2O3.C5H10N2O2.C4H10.C3H6O2.C2H5NO.3C2H6/c1-7-17(24)14-20(4,5)27-13-11-21(6,8-2)19(26)22-15-18(25)23-12-9-10-16(23)3;1-5(6(2)11)9-7(12)3-8-4-10;1-2-7-5(9)3-6-4-8;1-4(2)3;1-2-3(4)5;1-3-2-4;3*1-2/h16H,7-15H2,1-6H3,(H,22,26);4-6,11H,3H2,1-2H3,(H,8,10)(H,9,12);4H,2-3H2,1H3,(H,6,8)(H,7,9);4H,1-3H3;2H2,1H3,(H,4,5);2H,1H3,(H,3,4);3*1-2H3. The maximum Gasteiger partial charge on any atom is 0.303 e. The van der Waals surface area contributed by atoms with Gasteiger partial charge in [-0.3, -0.25) is 43.2 Å². The van der Waals surface area contributed by atoms with Crippen LogP contribution in [0.4, 0.5) is 0 Å². The van der Waals surface area contributed by atoms with Gasteiger partial charge < -0.3 is 51.8 Å². The third kappa shape index (κ3) is 59.3. The molecule has 19 heteroatoms. The monoisotopic (exact) mass is 968 g/mol. The normalized spacial score (nSPS) is 13.3. The van der Waals surface area contributed by atoms with Crippen LogP contribution in [0, 0.1) is 11.3 Å². The average molecular weight is 968 g/mol. The number of carbonyl (C=O) groups is 9. The number of Topliss-reactive ketones (excluding diaryl/α,β-unsaturated/α-hetero) is 1. The van der Waals surface area contributed by atoms with Crippen LogP contribution in [0.1, 0.15) is 176 Å². The minimum atomic E-state index is -0.745. The molecule has 1 saturated heterocycles. The Balaban J connectivity index is -0.000000120. The van der Waals surface area contributed by atoms with Gasteiger partial charge in [0, 0.05) is 57.5 Å². The summed E-state index contributed by atoms with van der Waals surface area (Å²) in [7, 11) is 1.56. The molecule has 1 heterocycles. The van der Waals surface area contributed by atoms with Gasteiger partial charge in [0.1, 0.15) is 5.78 Å². The van der Waals surface area contributed by atoms with Crippen LogP contribution in [0.5, 0.6) is 0 Å². The molecule has 0 saturated carbocycles. The van der Waals surface area contributed by atoms with Crippen LogP contribution in [0.15, 0.2) is 0 Å². The largest absolute Gasteiger partial charge is 0.481 e. The highest BCUT2D eigenvalue weighted by Crippen LogP contribution is 2.28. The number of nitrogens with zero attached hydrogens (tertiary/aromatic N) is 1. The van der Waals surface area contributed by atoms with Gasteiger partial charge in [-0.2, -0.15) is 0 Å². The fourth-order valence-corrected chi connectivity index (χ4v) is 4.38. The lowest BCUT2D eigenvalue weighted by Gasteiger charge is -2.30. The molecule has 0 aromatic heterocycles. The molecule has 1 fully saturated rings. The second kappa shape index (κ2) is 55.7. The Labute approximate surface area is 406 Å². The molecule has 7 amide bonds. The van der Waals surface area contributed by atoms with Crippen LogP contribution >= 0.6 is 0 Å². The summed E-state index contributed by atoms with van der Waals surface area (Å²) >= 11 is 0. The van der Waals surface area contributed by atoms with Gasteiger partial charge in [0.15, 0.2) is 0 Å². The van der Waals surface area contributed by atoms with Crippen molar-refractivity contribution in [2.75, 3.05) is 46.4 Å². The first-order valence-electron chi connectivity index (χ1n) is 24.0. The number of carboxylic acids is 1. The Morgan fingerprint density at radius 1 is 0.761 bits per heavy atom. The number of ketones is 1. The SMILES string of the molecule is CC.CC.CC.CC(C)C.CC(O)C(C)NC(=O)CNC=O.CCC(=O)CC(C)(C)OCCC(C)(CC)C(=O)NCC(=O)N1CCCC1C.CCC(=O)O.CCNC(=O)CNC=O.CNC=O. The minimum Gasteiger partial charge on any atom is -0.481 e. The van der Waals surface area contributed by atoms with E-state index in [0.29, 0.717) is 58.1 Å². The lowest BCUT2D eigenvalue weighted by atomic mass is 9.83. The van der Waals surface area contributed by atoms with E-state index in [1.54, 1.807) is 27.8 Å². The van der Waals surface area contributed by atoms with E-state index in [0.717, 1.165) is 25.3 Å². The highest BCUT2D eigenvalue weighted by Gasteiger charge is 2.33. The van der Waals surface area contributed by atoms with E-state index in [-0.39, 0.29) is 67.6 Å². The molecular weight excluding hydrogens is 867 g/mol. The number of rotatable bonds is 22. The van der Waals surface area contributed by atoms with E-state index >= 15 is 0 Å². The van der Waals surface area contributed by atoms with Gasteiger partial charge in [0.2, 0.25) is 42.9 Å². The highest BCUT2D eigenvalue weighted by molar-refractivity contribution is 5.88. The molecule has 4 atom stereocenters. The van der Waals surface area contributed by atoms with Crippen molar-refractivity contribution in [3.8, 4) is 0 Å². The van der Waals surface area contributed by atoms with Crippen LogP contribution in [-0.4, -0.2) is 140 Å². The molecule has 1 aliphatic heterocycles. The number of carboxylic acid groups (broad SMARTS) is 1. The minimum absolute atomic E-state index is 0.0118. The molecule has 8 N–H and O–H groups in total. The van der Waals surface area contributed by atoms with Gasteiger partial charge in [-0.05, 0) is 73.1 Å². The Bertz CT molecular complexity index is 1240. The quantitative estimate of drug-likeness (QED) is 0.0654. The third-order valence-corrected chi connectivity index (χ3v) is 8.36. The molecule has 1 rings (SSSR count). The van der Waals surface area contributed by atoms with Gasteiger partial charge >= 0.3 is 5.97 Å². The molecular formula is C48H101N7O12. The summed E-state index contributed by atoms with van der Waals surface area (Å²) in [6.45, 7) is 38.6. The Morgan fingerprint density at radius 2 is 1.21 bits per heavy atom. The highest BCUT2D eigenvalue weighted by atomic mass is 16.5. The Hall–Kier alpha value is -4.65. The topological polar surface area (TPSA) is 279 Å². The summed E-state index contributed by atoms with van der Waals surface area (Å²) in [6.07, 6.45) is 5.35. The number of hydrogen-bond acceptors (Lipinski definition) is 11. The number of aliphatic hydroxyl groups is 1. The number of likely N-dealkylation sites (N-methyl/N-ethyl adjacent to an activating group) is 1. The van der Waals surface area contributed by atoms with Gasteiger partial charge in [-0.25, -0.2) is 0 Å². The van der Waals surface area contributed by atoms with Gasteiger partial charge in [0.05, 0.1) is 37.4 Å². The second-order valence-electron chi connectivity index (χ2n) is 15.5. The molecule has 19 nitrogen and oxygen atoms in total. The number of likely N-dealkylation sites (tertiary alicyclic amines) is 1. The van der Waals surface area contributed by atoms with Crippen LogP contribution < -0.4 is 31.9 Å². The first-order chi connectivity index (χ1) is 31.3. The number of aliphatic hydroxyl groups excluding tert-OH is 1. The fourth-order valence-electron chi connectivity index (χ4n) is 4.38. The van der Waals surface area contributed by atoms with E-state index < -0.39 is 23.1 Å². The van der Waals surface area contributed by atoms with Crippen molar-refractivity contribution >= 4 is 54.6 Å². The zero-order valence-corrected chi connectivity index (χ0v) is 45.7. The summed E-state index contributed by atoms with van der Waals surface area (Å²) in [6, 6.07) is -0.0422.